The average molecular weight is 249 g/mol. The monoisotopic (exact) mass is 249 g/mol. The van der Waals surface area contributed by atoms with Crippen LogP contribution in [0.15, 0.2) is 18.2 Å². The number of allylic oxidation sites excluding steroid dienone is 3. The molecule has 0 spiro atoms. The molecule has 0 aromatic rings. The second kappa shape index (κ2) is 16.5. The molecule has 0 aromatic heterocycles. The highest BCUT2D eigenvalue weighted by Gasteiger charge is 1.89. The summed E-state index contributed by atoms with van der Waals surface area (Å²) in [5.41, 5.74) is 0. The molecular weight excluding hydrogens is 216 g/mol. The van der Waals surface area contributed by atoms with Gasteiger partial charge < -0.3 is 0 Å². The van der Waals surface area contributed by atoms with Gasteiger partial charge in [-0.05, 0) is 38.5 Å². The first-order valence-corrected chi connectivity index (χ1v) is 8.10. The summed E-state index contributed by atoms with van der Waals surface area (Å²) >= 11 is 0. The highest BCUT2D eigenvalue weighted by molar-refractivity contribution is 4.81. The lowest BCUT2D eigenvalue weighted by Gasteiger charge is -1.98. The molecule has 0 aliphatic carbocycles. The Balaban J connectivity index is 3.02. The molecule has 0 aliphatic heterocycles. The zero-order valence-corrected chi connectivity index (χ0v) is 12.5. The Labute approximate surface area is 116 Å². The predicted octanol–water partition coefficient (Wildman–Crippen LogP) is 6.62. The fraction of sp³-hybridized carbons (Fsp3) is 0.778. The highest BCUT2D eigenvalue weighted by atomic mass is 14.0. The van der Waals surface area contributed by atoms with E-state index in [1.165, 1.54) is 77.0 Å². The van der Waals surface area contributed by atoms with Crippen LogP contribution < -0.4 is 0 Å². The lowest BCUT2D eigenvalue weighted by Crippen LogP contribution is -1.78. The van der Waals surface area contributed by atoms with Crippen molar-refractivity contribution in [2.24, 2.45) is 0 Å². The predicted molar refractivity (Wildman–Crippen MR) is 83.7 cm³/mol. The van der Waals surface area contributed by atoms with Gasteiger partial charge in [0, 0.05) is 0 Å². The van der Waals surface area contributed by atoms with Crippen molar-refractivity contribution in [3.8, 4) is 0 Å². The molecule has 105 valence electrons. The fourth-order valence-corrected chi connectivity index (χ4v) is 2.16. The summed E-state index contributed by atoms with van der Waals surface area (Å²) in [7, 11) is 0. The molecular formula is C18H33. The Morgan fingerprint density at radius 2 is 1.06 bits per heavy atom. The second-order valence-electron chi connectivity index (χ2n) is 5.26. The molecule has 0 amide bonds. The first-order chi connectivity index (χ1) is 8.91. The number of hydrogen-bond donors (Lipinski definition) is 0. The van der Waals surface area contributed by atoms with Crippen molar-refractivity contribution >= 4 is 0 Å². The van der Waals surface area contributed by atoms with E-state index in [2.05, 4.69) is 19.1 Å². The summed E-state index contributed by atoms with van der Waals surface area (Å²) in [6.07, 6.45) is 23.9. The van der Waals surface area contributed by atoms with Crippen molar-refractivity contribution in [2.45, 2.75) is 90.4 Å². The van der Waals surface area contributed by atoms with Crippen LogP contribution in [-0.4, -0.2) is 0 Å². The van der Waals surface area contributed by atoms with Crippen molar-refractivity contribution in [2.75, 3.05) is 0 Å². The lowest BCUT2D eigenvalue weighted by molar-refractivity contribution is 0.610. The molecule has 0 heteroatoms. The van der Waals surface area contributed by atoms with Crippen LogP contribution in [-0.2, 0) is 0 Å². The minimum Gasteiger partial charge on any atom is -0.0885 e. The van der Waals surface area contributed by atoms with Crippen LogP contribution in [0.25, 0.3) is 0 Å². The van der Waals surface area contributed by atoms with Crippen LogP contribution in [0.3, 0.4) is 0 Å². The van der Waals surface area contributed by atoms with Gasteiger partial charge in [0.2, 0.25) is 0 Å². The van der Waals surface area contributed by atoms with E-state index < -0.39 is 0 Å². The van der Waals surface area contributed by atoms with Gasteiger partial charge in [-0.3, -0.25) is 0 Å². The minimum atomic E-state index is 1.08. The zero-order valence-electron chi connectivity index (χ0n) is 12.5. The van der Waals surface area contributed by atoms with Crippen LogP contribution in [0.5, 0.6) is 0 Å². The maximum atomic E-state index is 5.34. The second-order valence-corrected chi connectivity index (χ2v) is 5.26. The Morgan fingerprint density at radius 3 is 1.56 bits per heavy atom. The zero-order chi connectivity index (χ0) is 13.3. The van der Waals surface area contributed by atoms with Gasteiger partial charge in [-0.2, -0.15) is 0 Å². The lowest BCUT2D eigenvalue weighted by atomic mass is 10.1. The summed E-state index contributed by atoms with van der Waals surface area (Å²) in [6, 6.07) is 0. The molecule has 18 heavy (non-hydrogen) atoms. The molecule has 0 N–H and O–H groups in total. The summed E-state index contributed by atoms with van der Waals surface area (Å²) in [6.45, 7) is 7.61. The number of hydrogen-bond acceptors (Lipinski definition) is 0. The topological polar surface area (TPSA) is 0 Å². The van der Waals surface area contributed by atoms with Crippen molar-refractivity contribution in [1.29, 1.82) is 0 Å². The quantitative estimate of drug-likeness (QED) is 0.239. The van der Waals surface area contributed by atoms with E-state index in [1.807, 2.05) is 0 Å². The number of unbranched alkanes of at least 4 members (excludes halogenated alkanes) is 11. The van der Waals surface area contributed by atoms with Crippen LogP contribution in [0.4, 0.5) is 0 Å². The van der Waals surface area contributed by atoms with Crippen molar-refractivity contribution in [3.63, 3.8) is 0 Å². The van der Waals surface area contributed by atoms with Crippen LogP contribution in [0.1, 0.15) is 90.4 Å². The molecule has 1 radical (unpaired) electrons. The van der Waals surface area contributed by atoms with Crippen LogP contribution in [0, 0.1) is 6.58 Å². The van der Waals surface area contributed by atoms with E-state index in [0.717, 1.165) is 6.42 Å². The molecule has 0 fully saturated rings. The van der Waals surface area contributed by atoms with E-state index in [0.29, 0.717) is 0 Å². The third-order valence-electron chi connectivity index (χ3n) is 3.38. The molecule has 0 heterocycles. The maximum Gasteiger partial charge on any atom is -0.0348 e. The smallest absolute Gasteiger partial charge is 0.0348 e. The van der Waals surface area contributed by atoms with Gasteiger partial charge in [-0.25, -0.2) is 0 Å². The molecule has 0 aromatic carbocycles. The first-order valence-electron chi connectivity index (χ1n) is 8.10. The Morgan fingerprint density at radius 1 is 0.611 bits per heavy atom. The maximum absolute atomic E-state index is 5.34. The average Bonchev–Trinajstić information content (AvgIpc) is 2.39. The first kappa shape index (κ1) is 17.5. The van der Waals surface area contributed by atoms with Gasteiger partial charge in [0.05, 0.1) is 0 Å². The molecule has 0 atom stereocenters. The minimum absolute atomic E-state index is 1.08. The molecule has 0 unspecified atom stereocenters. The van der Waals surface area contributed by atoms with Gasteiger partial charge in [-0.1, -0.05) is 76.7 Å². The van der Waals surface area contributed by atoms with Gasteiger partial charge >= 0.3 is 0 Å². The van der Waals surface area contributed by atoms with E-state index in [4.69, 9.17) is 6.58 Å². The molecule has 0 bridgehead atoms. The largest absolute Gasteiger partial charge is 0.0885 e. The van der Waals surface area contributed by atoms with Gasteiger partial charge in [-0.15, -0.1) is 0 Å². The third kappa shape index (κ3) is 15.5. The Bertz CT molecular complexity index is 178. The fourth-order valence-electron chi connectivity index (χ4n) is 2.16. The summed E-state index contributed by atoms with van der Waals surface area (Å²) < 4.78 is 0. The molecule has 0 rings (SSSR count). The van der Waals surface area contributed by atoms with Gasteiger partial charge in [0.25, 0.3) is 0 Å². The van der Waals surface area contributed by atoms with Crippen LogP contribution in [0.2, 0.25) is 0 Å². The van der Waals surface area contributed by atoms with Crippen molar-refractivity contribution < 1.29 is 0 Å². The molecule has 0 saturated heterocycles. The van der Waals surface area contributed by atoms with Gasteiger partial charge in [0.1, 0.15) is 0 Å². The molecule has 0 saturated carbocycles. The van der Waals surface area contributed by atoms with Gasteiger partial charge in [0.15, 0.2) is 0 Å². The standard InChI is InChI=1S/C18H33/c1-3-5-7-9-11-13-15-17-18-16-14-12-10-8-6-4-2/h1,3,17-18H,4-16H2,2H3/b3-1?,18-17-. The Hall–Kier alpha value is -0.520. The summed E-state index contributed by atoms with van der Waals surface area (Å²) in [5, 5.41) is 0. The molecule has 0 aliphatic rings. The SMILES string of the molecule is [CH]=CCCCCCC/C=C\CCCCCCCC. The van der Waals surface area contributed by atoms with E-state index in [-0.39, 0.29) is 0 Å². The van der Waals surface area contributed by atoms with Crippen LogP contribution >= 0.6 is 0 Å². The summed E-state index contributed by atoms with van der Waals surface area (Å²) in [5.74, 6) is 0. The van der Waals surface area contributed by atoms with E-state index in [1.54, 1.807) is 6.08 Å². The van der Waals surface area contributed by atoms with Crippen molar-refractivity contribution in [3.05, 3.63) is 24.8 Å². The summed E-state index contributed by atoms with van der Waals surface area (Å²) in [4.78, 5) is 0. The third-order valence-corrected chi connectivity index (χ3v) is 3.38. The normalized spacial score (nSPS) is 11.2. The Kier molecular flexibility index (Phi) is 16.0. The molecule has 0 nitrogen and oxygen atoms in total. The number of rotatable bonds is 14. The van der Waals surface area contributed by atoms with E-state index in [9.17, 15) is 0 Å². The van der Waals surface area contributed by atoms with E-state index >= 15 is 0 Å². The van der Waals surface area contributed by atoms with Crippen molar-refractivity contribution in [1.82, 2.24) is 0 Å². The highest BCUT2D eigenvalue weighted by Crippen LogP contribution is 2.09.